The van der Waals surface area contributed by atoms with E-state index in [4.69, 9.17) is 27.9 Å². The second kappa shape index (κ2) is 8.04. The van der Waals surface area contributed by atoms with E-state index in [2.05, 4.69) is 10.6 Å². The third-order valence-electron chi connectivity index (χ3n) is 3.77. The van der Waals surface area contributed by atoms with E-state index in [-0.39, 0.29) is 12.1 Å². The summed E-state index contributed by atoms with van der Waals surface area (Å²) in [6.45, 7) is 5.56. The zero-order valence-electron chi connectivity index (χ0n) is 12.9. The molecule has 1 aliphatic heterocycles. The van der Waals surface area contributed by atoms with Crippen LogP contribution in [0, 0.1) is 5.92 Å². The number of carbonyl (C=O) groups excluding carboxylic acids is 1. The summed E-state index contributed by atoms with van der Waals surface area (Å²) in [4.78, 5) is 12.0. The van der Waals surface area contributed by atoms with Gasteiger partial charge < -0.3 is 15.4 Å². The van der Waals surface area contributed by atoms with Gasteiger partial charge in [0.25, 0.3) is 0 Å². The van der Waals surface area contributed by atoms with Crippen molar-refractivity contribution in [2.75, 3.05) is 13.1 Å². The molecule has 0 spiro atoms. The van der Waals surface area contributed by atoms with Gasteiger partial charge >= 0.3 is 6.09 Å². The summed E-state index contributed by atoms with van der Waals surface area (Å²) in [5.41, 5.74) is 0.960. The van der Waals surface area contributed by atoms with Crippen LogP contribution in [0.15, 0.2) is 18.2 Å². The Labute approximate surface area is 141 Å². The highest BCUT2D eigenvalue weighted by Crippen LogP contribution is 2.32. The molecule has 0 saturated carbocycles. The smallest absolute Gasteiger partial charge is 0.407 e. The Morgan fingerprint density at radius 2 is 1.95 bits per heavy atom. The molecule has 2 N–H and O–H groups in total. The average Bonchev–Trinajstić information content (AvgIpc) is 2.48. The van der Waals surface area contributed by atoms with Gasteiger partial charge in [0.1, 0.15) is 0 Å². The van der Waals surface area contributed by atoms with Crippen LogP contribution in [-0.2, 0) is 4.74 Å². The first-order valence-electron chi connectivity index (χ1n) is 7.60. The van der Waals surface area contributed by atoms with Gasteiger partial charge in [-0.15, -0.1) is 0 Å². The number of hydrogen-bond acceptors (Lipinski definition) is 3. The fourth-order valence-electron chi connectivity index (χ4n) is 2.73. The monoisotopic (exact) mass is 344 g/mol. The van der Waals surface area contributed by atoms with Crippen molar-refractivity contribution in [1.29, 1.82) is 0 Å². The molecule has 4 nitrogen and oxygen atoms in total. The van der Waals surface area contributed by atoms with E-state index in [1.165, 1.54) is 0 Å². The largest absolute Gasteiger partial charge is 0.447 e. The molecule has 1 atom stereocenters. The van der Waals surface area contributed by atoms with Crippen LogP contribution in [0.4, 0.5) is 4.79 Å². The van der Waals surface area contributed by atoms with E-state index in [1.807, 2.05) is 26.0 Å². The molecule has 0 bridgehead atoms. The van der Waals surface area contributed by atoms with E-state index in [1.54, 1.807) is 6.07 Å². The highest BCUT2D eigenvalue weighted by Gasteiger charge is 2.27. The number of carbonyl (C=O) groups is 1. The Balaban J connectivity index is 2.19. The maximum absolute atomic E-state index is 12.0. The summed E-state index contributed by atoms with van der Waals surface area (Å²) in [6, 6.07) is 5.38. The maximum atomic E-state index is 12.0. The number of nitrogens with one attached hydrogen (secondary N) is 2. The Morgan fingerprint density at radius 1 is 1.27 bits per heavy atom. The number of alkyl carbamates (subject to hydrolysis) is 1. The van der Waals surface area contributed by atoms with Crippen molar-refractivity contribution in [1.82, 2.24) is 10.6 Å². The lowest BCUT2D eigenvalue weighted by Crippen LogP contribution is -2.39. The second-order valence-corrected chi connectivity index (χ2v) is 6.65. The van der Waals surface area contributed by atoms with Gasteiger partial charge in [-0.3, -0.25) is 0 Å². The van der Waals surface area contributed by atoms with Crippen LogP contribution in [0.25, 0.3) is 0 Å². The molecular formula is C16H22Cl2N2O2. The maximum Gasteiger partial charge on any atom is 0.407 e. The van der Waals surface area contributed by atoms with Crippen LogP contribution in [0.5, 0.6) is 0 Å². The molecule has 1 aliphatic rings. The lowest BCUT2D eigenvalue weighted by Gasteiger charge is -2.31. The molecule has 6 heteroatoms. The molecule has 0 radical (unpaired) electrons. The molecule has 1 aromatic carbocycles. The Bertz CT molecular complexity index is 517. The molecule has 0 aliphatic carbocycles. The molecule has 1 unspecified atom stereocenters. The summed E-state index contributed by atoms with van der Waals surface area (Å²) < 4.78 is 5.22. The van der Waals surface area contributed by atoms with Crippen molar-refractivity contribution in [2.24, 2.45) is 5.92 Å². The predicted octanol–water partition coefficient (Wildman–Crippen LogP) is 4.17. The highest BCUT2D eigenvalue weighted by molar-refractivity contribution is 6.42. The Hall–Kier alpha value is -0.970. The van der Waals surface area contributed by atoms with Crippen molar-refractivity contribution < 1.29 is 9.53 Å². The van der Waals surface area contributed by atoms with Crippen LogP contribution in [0.1, 0.15) is 38.3 Å². The minimum atomic E-state index is -0.399. The van der Waals surface area contributed by atoms with E-state index in [0.717, 1.165) is 31.5 Å². The van der Waals surface area contributed by atoms with Crippen LogP contribution >= 0.6 is 23.2 Å². The summed E-state index contributed by atoms with van der Waals surface area (Å²) in [7, 11) is 0. The standard InChI is InChI=1S/C16H22Cl2N2O2/c1-10(2)22-16(21)20-15(11-5-7-19-8-6-11)12-3-4-13(17)14(18)9-12/h3-4,9-11,15,19H,5-8H2,1-2H3,(H,20,21). The van der Waals surface area contributed by atoms with Crippen molar-refractivity contribution in [2.45, 2.75) is 38.8 Å². The van der Waals surface area contributed by atoms with E-state index in [0.29, 0.717) is 16.0 Å². The van der Waals surface area contributed by atoms with E-state index < -0.39 is 6.09 Å². The first-order chi connectivity index (χ1) is 10.5. The van der Waals surface area contributed by atoms with Crippen LogP contribution < -0.4 is 10.6 Å². The van der Waals surface area contributed by atoms with Gasteiger partial charge in [0.15, 0.2) is 0 Å². The van der Waals surface area contributed by atoms with Crippen LogP contribution in [-0.4, -0.2) is 25.3 Å². The highest BCUT2D eigenvalue weighted by atomic mass is 35.5. The zero-order valence-corrected chi connectivity index (χ0v) is 14.4. The van der Waals surface area contributed by atoms with Gasteiger partial charge in [0.2, 0.25) is 0 Å². The van der Waals surface area contributed by atoms with Gasteiger partial charge in [0.05, 0.1) is 22.2 Å². The van der Waals surface area contributed by atoms with E-state index in [9.17, 15) is 4.79 Å². The molecule has 1 heterocycles. The number of amides is 1. The number of halogens is 2. The van der Waals surface area contributed by atoms with Gasteiger partial charge in [-0.25, -0.2) is 4.79 Å². The first kappa shape index (κ1) is 17.4. The lowest BCUT2D eigenvalue weighted by molar-refractivity contribution is 0.107. The topological polar surface area (TPSA) is 50.4 Å². The molecule has 0 aromatic heterocycles. The molecule has 122 valence electrons. The summed E-state index contributed by atoms with van der Waals surface area (Å²) in [5.74, 6) is 0.346. The number of piperidine rings is 1. The minimum absolute atomic E-state index is 0.122. The third-order valence-corrected chi connectivity index (χ3v) is 4.51. The molecule has 2 rings (SSSR count). The Kier molecular flexibility index (Phi) is 6.36. The van der Waals surface area contributed by atoms with E-state index >= 15 is 0 Å². The van der Waals surface area contributed by atoms with Crippen LogP contribution in [0.2, 0.25) is 10.0 Å². The first-order valence-corrected chi connectivity index (χ1v) is 8.35. The van der Waals surface area contributed by atoms with Crippen molar-refractivity contribution in [3.05, 3.63) is 33.8 Å². The van der Waals surface area contributed by atoms with Crippen LogP contribution in [0.3, 0.4) is 0 Å². The molecule has 1 amide bonds. The van der Waals surface area contributed by atoms with Gasteiger partial charge in [-0.05, 0) is 63.4 Å². The second-order valence-electron chi connectivity index (χ2n) is 5.84. The SMILES string of the molecule is CC(C)OC(=O)NC(c1ccc(Cl)c(Cl)c1)C1CCNCC1. The number of ether oxygens (including phenoxy) is 1. The average molecular weight is 345 g/mol. The lowest BCUT2D eigenvalue weighted by atomic mass is 9.86. The normalized spacial score (nSPS) is 17.3. The van der Waals surface area contributed by atoms with Gasteiger partial charge in [-0.2, -0.15) is 0 Å². The fraction of sp³-hybridized carbons (Fsp3) is 0.562. The summed E-state index contributed by atoms with van der Waals surface area (Å²) in [5, 5.41) is 7.34. The molecular weight excluding hydrogens is 323 g/mol. The van der Waals surface area contributed by atoms with Crippen molar-refractivity contribution in [3.8, 4) is 0 Å². The summed E-state index contributed by atoms with van der Waals surface area (Å²) in [6.07, 6.45) is 1.44. The zero-order chi connectivity index (χ0) is 16.1. The van der Waals surface area contributed by atoms with Gasteiger partial charge in [-0.1, -0.05) is 29.3 Å². The Morgan fingerprint density at radius 3 is 2.55 bits per heavy atom. The molecule has 1 fully saturated rings. The quantitative estimate of drug-likeness (QED) is 0.861. The summed E-state index contributed by atoms with van der Waals surface area (Å²) >= 11 is 12.1. The number of benzene rings is 1. The van der Waals surface area contributed by atoms with Crippen molar-refractivity contribution in [3.63, 3.8) is 0 Å². The number of rotatable bonds is 4. The fourth-order valence-corrected chi connectivity index (χ4v) is 3.04. The molecule has 22 heavy (non-hydrogen) atoms. The molecule has 1 aromatic rings. The predicted molar refractivity (Wildman–Crippen MR) is 89.5 cm³/mol. The number of hydrogen-bond donors (Lipinski definition) is 2. The minimum Gasteiger partial charge on any atom is -0.447 e. The third kappa shape index (κ3) is 4.77. The van der Waals surface area contributed by atoms with Gasteiger partial charge in [0, 0.05) is 0 Å². The van der Waals surface area contributed by atoms with Crippen molar-refractivity contribution >= 4 is 29.3 Å². The molecule has 1 saturated heterocycles.